The minimum atomic E-state index is -0.376. The predicted molar refractivity (Wildman–Crippen MR) is 80.8 cm³/mol. The fraction of sp³-hybridized carbons (Fsp3) is 0.500. The van der Waals surface area contributed by atoms with Crippen LogP contribution in [0.15, 0.2) is 24.3 Å². The Morgan fingerprint density at radius 3 is 2.89 bits per heavy atom. The van der Waals surface area contributed by atoms with Crippen LogP contribution in [-0.4, -0.2) is 23.8 Å². The van der Waals surface area contributed by atoms with E-state index in [0.717, 1.165) is 35.8 Å². The third-order valence-corrected chi connectivity index (χ3v) is 3.67. The van der Waals surface area contributed by atoms with Crippen molar-refractivity contribution in [2.24, 2.45) is 0 Å². The van der Waals surface area contributed by atoms with Crippen LogP contribution in [0.2, 0.25) is 0 Å². The number of unbranched alkanes of at least 4 members (excludes halogenated alkanes) is 1. The lowest BCUT2D eigenvalue weighted by atomic mass is 10.0. The van der Waals surface area contributed by atoms with E-state index < -0.39 is 0 Å². The van der Waals surface area contributed by atoms with Crippen LogP contribution < -0.4 is 15.5 Å². The molecule has 2 rings (SSSR count). The maximum Gasteiger partial charge on any atom is 0.185 e. The molecule has 1 aliphatic rings. The van der Waals surface area contributed by atoms with Crippen molar-refractivity contribution < 1.29 is 4.74 Å². The second kappa shape index (κ2) is 5.75. The van der Waals surface area contributed by atoms with E-state index in [2.05, 4.69) is 30.7 Å². The number of hydrogen-bond donors (Lipinski definition) is 2. The van der Waals surface area contributed by atoms with E-state index in [4.69, 9.17) is 17.0 Å². The van der Waals surface area contributed by atoms with Gasteiger partial charge in [0.15, 0.2) is 5.11 Å². The first-order valence-electron chi connectivity index (χ1n) is 6.61. The van der Waals surface area contributed by atoms with E-state index in [1.807, 2.05) is 23.2 Å². The third-order valence-electron chi connectivity index (χ3n) is 3.34. The molecule has 0 saturated carbocycles. The molecule has 0 spiro atoms. The minimum absolute atomic E-state index is 0.376. The lowest BCUT2D eigenvalue weighted by Gasteiger charge is -2.26. The number of hydrazine groups is 1. The Morgan fingerprint density at radius 2 is 2.21 bits per heavy atom. The Bertz CT molecular complexity index is 466. The number of hydrogen-bond acceptors (Lipinski definition) is 3. The fourth-order valence-electron chi connectivity index (χ4n) is 2.17. The molecule has 1 saturated heterocycles. The van der Waals surface area contributed by atoms with Gasteiger partial charge < -0.3 is 10.1 Å². The number of thiocarbonyl (C=S) groups is 1. The summed E-state index contributed by atoms with van der Waals surface area (Å²) in [6.45, 7) is 5.18. The highest BCUT2D eigenvalue weighted by Crippen LogP contribution is 2.26. The molecule has 0 aromatic heterocycles. The van der Waals surface area contributed by atoms with Gasteiger partial charge in [-0.25, -0.2) is 5.43 Å². The van der Waals surface area contributed by atoms with Crippen molar-refractivity contribution in [1.29, 1.82) is 0 Å². The number of ether oxygens (including phenoxy) is 1. The van der Waals surface area contributed by atoms with E-state index in [9.17, 15) is 0 Å². The van der Waals surface area contributed by atoms with Gasteiger partial charge in [-0.15, -0.1) is 0 Å². The van der Waals surface area contributed by atoms with Crippen molar-refractivity contribution in [2.75, 3.05) is 13.7 Å². The molecule has 1 aliphatic heterocycles. The average Bonchev–Trinajstić information content (AvgIpc) is 2.72. The topological polar surface area (TPSA) is 36.5 Å². The zero-order valence-corrected chi connectivity index (χ0v) is 12.5. The molecule has 19 heavy (non-hydrogen) atoms. The van der Waals surface area contributed by atoms with Crippen LogP contribution in [0, 0.1) is 0 Å². The molecule has 1 aromatic carbocycles. The lowest BCUT2D eigenvalue weighted by molar-refractivity contribution is 0.232. The third kappa shape index (κ3) is 2.98. The first kappa shape index (κ1) is 14.1. The van der Waals surface area contributed by atoms with Gasteiger partial charge in [0, 0.05) is 6.54 Å². The molecule has 1 unspecified atom stereocenters. The van der Waals surface area contributed by atoms with Crippen LogP contribution in [-0.2, 0) is 5.66 Å². The van der Waals surface area contributed by atoms with Gasteiger partial charge in [0.25, 0.3) is 0 Å². The molecule has 1 atom stereocenters. The standard InChI is InChI=1S/C14H21N3OS/c1-4-5-9-17-13(19)15-14(2,16-17)11-7-6-8-12(10-11)18-3/h6-8,10,16H,4-5,9H2,1-3H3,(H,15,19). The molecule has 0 radical (unpaired) electrons. The fourth-order valence-corrected chi connectivity index (χ4v) is 2.52. The van der Waals surface area contributed by atoms with Gasteiger partial charge in [0.05, 0.1) is 7.11 Å². The van der Waals surface area contributed by atoms with E-state index in [-0.39, 0.29) is 5.66 Å². The number of nitrogens with zero attached hydrogens (tertiary/aromatic N) is 1. The van der Waals surface area contributed by atoms with Gasteiger partial charge in [-0.2, -0.15) is 0 Å². The van der Waals surface area contributed by atoms with Crippen molar-refractivity contribution in [3.05, 3.63) is 29.8 Å². The Balaban J connectivity index is 2.17. The SMILES string of the molecule is CCCCN1NC(C)(c2cccc(OC)c2)NC1=S. The normalized spacial score (nSPS) is 22.5. The van der Waals surface area contributed by atoms with Crippen molar-refractivity contribution >= 4 is 17.3 Å². The van der Waals surface area contributed by atoms with Crippen molar-refractivity contribution in [3.8, 4) is 5.75 Å². The predicted octanol–water partition coefficient (Wildman–Crippen LogP) is 2.36. The molecule has 0 amide bonds. The molecule has 104 valence electrons. The largest absolute Gasteiger partial charge is 0.497 e. The molecule has 0 aliphatic carbocycles. The summed E-state index contributed by atoms with van der Waals surface area (Å²) < 4.78 is 5.28. The second-order valence-electron chi connectivity index (χ2n) is 4.90. The van der Waals surface area contributed by atoms with Gasteiger partial charge in [0.2, 0.25) is 0 Å². The molecule has 4 nitrogen and oxygen atoms in total. The minimum Gasteiger partial charge on any atom is -0.497 e. The van der Waals surface area contributed by atoms with Gasteiger partial charge in [-0.05, 0) is 43.3 Å². The van der Waals surface area contributed by atoms with Gasteiger partial charge in [-0.3, -0.25) is 5.01 Å². The molecule has 5 heteroatoms. The van der Waals surface area contributed by atoms with Crippen LogP contribution >= 0.6 is 12.2 Å². The van der Waals surface area contributed by atoms with Gasteiger partial charge in [-0.1, -0.05) is 25.5 Å². The number of rotatable bonds is 5. The Kier molecular flexibility index (Phi) is 4.27. The second-order valence-corrected chi connectivity index (χ2v) is 5.29. The van der Waals surface area contributed by atoms with Crippen molar-refractivity contribution in [2.45, 2.75) is 32.4 Å². The van der Waals surface area contributed by atoms with Crippen LogP contribution in [0.3, 0.4) is 0 Å². The highest BCUT2D eigenvalue weighted by atomic mass is 32.1. The van der Waals surface area contributed by atoms with Crippen molar-refractivity contribution in [1.82, 2.24) is 15.8 Å². The summed E-state index contributed by atoms with van der Waals surface area (Å²) in [6, 6.07) is 8.01. The van der Waals surface area contributed by atoms with Crippen LogP contribution in [0.5, 0.6) is 5.75 Å². The zero-order chi connectivity index (χ0) is 13.9. The van der Waals surface area contributed by atoms with Crippen LogP contribution in [0.25, 0.3) is 0 Å². The molecule has 0 bridgehead atoms. The number of nitrogens with one attached hydrogen (secondary N) is 2. The zero-order valence-electron chi connectivity index (χ0n) is 11.7. The Labute approximate surface area is 120 Å². The van der Waals surface area contributed by atoms with E-state index in [1.54, 1.807) is 7.11 Å². The number of methoxy groups -OCH3 is 1. The van der Waals surface area contributed by atoms with E-state index >= 15 is 0 Å². The van der Waals surface area contributed by atoms with E-state index in [1.165, 1.54) is 0 Å². The maximum absolute atomic E-state index is 5.39. The Hall–Kier alpha value is -1.33. The summed E-state index contributed by atoms with van der Waals surface area (Å²) in [5.41, 5.74) is 4.17. The van der Waals surface area contributed by atoms with Crippen molar-refractivity contribution in [3.63, 3.8) is 0 Å². The monoisotopic (exact) mass is 279 g/mol. The summed E-state index contributed by atoms with van der Waals surface area (Å²) in [5.74, 6) is 0.847. The molecule has 1 aromatic rings. The summed E-state index contributed by atoms with van der Waals surface area (Å²) in [6.07, 6.45) is 2.26. The van der Waals surface area contributed by atoms with Crippen LogP contribution in [0.1, 0.15) is 32.3 Å². The molecule has 1 fully saturated rings. The quantitative estimate of drug-likeness (QED) is 0.809. The molecule has 2 N–H and O–H groups in total. The van der Waals surface area contributed by atoms with Gasteiger partial charge in [0.1, 0.15) is 11.4 Å². The summed E-state index contributed by atoms with van der Waals surface area (Å²) in [4.78, 5) is 0. The summed E-state index contributed by atoms with van der Waals surface area (Å²) in [7, 11) is 1.68. The van der Waals surface area contributed by atoms with E-state index in [0.29, 0.717) is 0 Å². The molecule has 1 heterocycles. The van der Waals surface area contributed by atoms with Crippen LogP contribution in [0.4, 0.5) is 0 Å². The molecular weight excluding hydrogens is 258 g/mol. The first-order chi connectivity index (χ1) is 9.09. The average molecular weight is 279 g/mol. The highest BCUT2D eigenvalue weighted by molar-refractivity contribution is 7.80. The van der Waals surface area contributed by atoms with Gasteiger partial charge >= 0.3 is 0 Å². The summed E-state index contributed by atoms with van der Waals surface area (Å²) in [5, 5.41) is 6.11. The Morgan fingerprint density at radius 1 is 1.42 bits per heavy atom. The highest BCUT2D eigenvalue weighted by Gasteiger charge is 2.37. The molecular formula is C14H21N3OS. The smallest absolute Gasteiger partial charge is 0.185 e. The number of benzene rings is 1. The maximum atomic E-state index is 5.39. The first-order valence-corrected chi connectivity index (χ1v) is 7.02. The lowest BCUT2D eigenvalue weighted by Crippen LogP contribution is -2.45. The summed E-state index contributed by atoms with van der Waals surface area (Å²) >= 11 is 5.39.